The number of rotatable bonds is 4. The molecular formula is C14H21FN2O2S. The molecule has 0 spiro atoms. The van der Waals surface area contributed by atoms with Gasteiger partial charge in [-0.05, 0) is 31.2 Å². The first-order valence-electron chi connectivity index (χ1n) is 6.91. The molecule has 1 aliphatic heterocycles. The highest BCUT2D eigenvalue weighted by atomic mass is 32.2. The van der Waals surface area contributed by atoms with Gasteiger partial charge in [0.05, 0.1) is 17.2 Å². The molecule has 0 bridgehead atoms. The summed E-state index contributed by atoms with van der Waals surface area (Å²) in [6.45, 7) is 5.55. The molecular weight excluding hydrogens is 279 g/mol. The summed E-state index contributed by atoms with van der Waals surface area (Å²) in [5.74, 6) is -0.0872. The first kappa shape index (κ1) is 15.3. The average molecular weight is 300 g/mol. The number of benzene rings is 1. The molecule has 1 aliphatic rings. The second kappa shape index (κ2) is 6.10. The highest BCUT2D eigenvalue weighted by molar-refractivity contribution is 7.91. The molecule has 0 saturated carbocycles. The minimum Gasteiger partial charge on any atom is -0.367 e. The monoisotopic (exact) mass is 300 g/mol. The van der Waals surface area contributed by atoms with Crippen molar-refractivity contribution in [3.63, 3.8) is 0 Å². The van der Waals surface area contributed by atoms with Gasteiger partial charge < -0.3 is 10.2 Å². The number of nitrogens with one attached hydrogen (secondary N) is 1. The van der Waals surface area contributed by atoms with Crippen LogP contribution in [0.1, 0.15) is 25.5 Å². The highest BCUT2D eigenvalue weighted by Gasteiger charge is 2.23. The first-order valence-corrected chi connectivity index (χ1v) is 8.73. The van der Waals surface area contributed by atoms with Gasteiger partial charge in [0.15, 0.2) is 9.84 Å². The maximum Gasteiger partial charge on any atom is 0.153 e. The van der Waals surface area contributed by atoms with E-state index < -0.39 is 9.84 Å². The zero-order valence-corrected chi connectivity index (χ0v) is 12.7. The van der Waals surface area contributed by atoms with Gasteiger partial charge in [-0.1, -0.05) is 13.0 Å². The van der Waals surface area contributed by atoms with E-state index in [0.29, 0.717) is 18.8 Å². The predicted molar refractivity (Wildman–Crippen MR) is 79.4 cm³/mol. The standard InChI is InChI=1S/C14H21FN2O2S/c1-3-16-11(2)12-4-5-14(13(15)10-12)17-6-8-20(18,19)9-7-17/h4-5,10-11,16H,3,6-9H2,1-2H3. The lowest BCUT2D eigenvalue weighted by molar-refractivity contribution is 0.574. The molecule has 2 rings (SSSR count). The van der Waals surface area contributed by atoms with E-state index in [4.69, 9.17) is 0 Å². The Morgan fingerprint density at radius 3 is 2.55 bits per heavy atom. The number of sulfone groups is 1. The third-order valence-electron chi connectivity index (χ3n) is 3.67. The van der Waals surface area contributed by atoms with Crippen molar-refractivity contribution in [2.24, 2.45) is 0 Å². The van der Waals surface area contributed by atoms with Crippen molar-refractivity contribution < 1.29 is 12.8 Å². The van der Waals surface area contributed by atoms with Crippen molar-refractivity contribution in [3.8, 4) is 0 Å². The minimum atomic E-state index is -2.94. The Kier molecular flexibility index (Phi) is 4.65. The Bertz CT molecular complexity index is 561. The van der Waals surface area contributed by atoms with Crippen LogP contribution in [0.3, 0.4) is 0 Å². The van der Waals surface area contributed by atoms with E-state index in [0.717, 1.165) is 12.1 Å². The van der Waals surface area contributed by atoms with E-state index in [9.17, 15) is 12.8 Å². The van der Waals surface area contributed by atoms with Gasteiger partial charge in [-0.3, -0.25) is 0 Å². The summed E-state index contributed by atoms with van der Waals surface area (Å²) in [6.07, 6.45) is 0. The van der Waals surface area contributed by atoms with Gasteiger partial charge in [0.2, 0.25) is 0 Å². The zero-order valence-electron chi connectivity index (χ0n) is 11.9. The Morgan fingerprint density at radius 1 is 1.35 bits per heavy atom. The normalized spacial score (nSPS) is 19.9. The van der Waals surface area contributed by atoms with Crippen LogP contribution < -0.4 is 10.2 Å². The number of hydrogen-bond acceptors (Lipinski definition) is 4. The van der Waals surface area contributed by atoms with Gasteiger partial charge in [-0.2, -0.15) is 0 Å². The van der Waals surface area contributed by atoms with Crippen LogP contribution in [-0.2, 0) is 9.84 Å². The molecule has 1 heterocycles. The van der Waals surface area contributed by atoms with Crippen LogP contribution >= 0.6 is 0 Å². The quantitative estimate of drug-likeness (QED) is 0.920. The van der Waals surface area contributed by atoms with E-state index in [1.54, 1.807) is 11.0 Å². The Labute approximate surface area is 119 Å². The summed E-state index contributed by atoms with van der Waals surface area (Å²) < 4.78 is 37.0. The van der Waals surface area contributed by atoms with Crippen molar-refractivity contribution in [1.29, 1.82) is 0 Å². The number of nitrogens with zero attached hydrogens (tertiary/aromatic N) is 1. The van der Waals surface area contributed by atoms with E-state index in [1.165, 1.54) is 6.07 Å². The zero-order chi connectivity index (χ0) is 14.8. The lowest BCUT2D eigenvalue weighted by atomic mass is 10.1. The van der Waals surface area contributed by atoms with Crippen LogP contribution in [0.4, 0.5) is 10.1 Å². The smallest absolute Gasteiger partial charge is 0.153 e. The fourth-order valence-electron chi connectivity index (χ4n) is 2.43. The van der Waals surface area contributed by atoms with Crippen LogP contribution in [0.2, 0.25) is 0 Å². The van der Waals surface area contributed by atoms with Crippen molar-refractivity contribution in [2.45, 2.75) is 19.9 Å². The highest BCUT2D eigenvalue weighted by Crippen LogP contribution is 2.24. The average Bonchev–Trinajstić information content (AvgIpc) is 2.39. The predicted octanol–water partition coefficient (Wildman–Crippen LogP) is 1.73. The van der Waals surface area contributed by atoms with Crippen LogP contribution in [0.25, 0.3) is 0 Å². The van der Waals surface area contributed by atoms with Crippen LogP contribution in [-0.4, -0.2) is 39.6 Å². The molecule has 6 heteroatoms. The summed E-state index contributed by atoms with van der Waals surface area (Å²) in [6, 6.07) is 5.28. The van der Waals surface area contributed by atoms with Gasteiger partial charge in [0.25, 0.3) is 0 Å². The second-order valence-electron chi connectivity index (χ2n) is 5.13. The summed E-state index contributed by atoms with van der Waals surface area (Å²) in [5, 5.41) is 3.24. The molecule has 1 unspecified atom stereocenters. The molecule has 1 aromatic rings. The van der Waals surface area contributed by atoms with Crippen LogP contribution in [0.5, 0.6) is 0 Å². The van der Waals surface area contributed by atoms with E-state index in [2.05, 4.69) is 5.32 Å². The van der Waals surface area contributed by atoms with E-state index >= 15 is 0 Å². The topological polar surface area (TPSA) is 49.4 Å². The minimum absolute atomic E-state index is 0.0992. The molecule has 0 aliphatic carbocycles. The lowest BCUT2D eigenvalue weighted by Crippen LogP contribution is -2.40. The summed E-state index contributed by atoms with van der Waals surface area (Å²) >= 11 is 0. The van der Waals surface area contributed by atoms with E-state index in [-0.39, 0.29) is 23.4 Å². The van der Waals surface area contributed by atoms with E-state index in [1.807, 2.05) is 19.9 Å². The van der Waals surface area contributed by atoms with Gasteiger partial charge in [-0.15, -0.1) is 0 Å². The van der Waals surface area contributed by atoms with Crippen molar-refractivity contribution in [3.05, 3.63) is 29.6 Å². The number of halogens is 1. The summed E-state index contributed by atoms with van der Waals surface area (Å²) in [4.78, 5) is 1.80. The number of anilines is 1. The van der Waals surface area contributed by atoms with Crippen molar-refractivity contribution in [1.82, 2.24) is 5.32 Å². The molecule has 1 aromatic carbocycles. The molecule has 1 N–H and O–H groups in total. The lowest BCUT2D eigenvalue weighted by Gasteiger charge is -2.29. The van der Waals surface area contributed by atoms with Gasteiger partial charge in [-0.25, -0.2) is 12.8 Å². The van der Waals surface area contributed by atoms with Crippen LogP contribution in [0, 0.1) is 5.82 Å². The fourth-order valence-corrected chi connectivity index (χ4v) is 3.63. The second-order valence-corrected chi connectivity index (χ2v) is 7.43. The van der Waals surface area contributed by atoms with Crippen LogP contribution in [0.15, 0.2) is 18.2 Å². The fraction of sp³-hybridized carbons (Fsp3) is 0.571. The Hall–Kier alpha value is -1.14. The SMILES string of the molecule is CCNC(C)c1ccc(N2CCS(=O)(=O)CC2)c(F)c1. The third-order valence-corrected chi connectivity index (χ3v) is 5.28. The maximum absolute atomic E-state index is 14.2. The molecule has 4 nitrogen and oxygen atoms in total. The molecule has 1 atom stereocenters. The third kappa shape index (κ3) is 3.49. The molecule has 1 saturated heterocycles. The Balaban J connectivity index is 2.14. The van der Waals surface area contributed by atoms with Gasteiger partial charge in [0.1, 0.15) is 5.82 Å². The van der Waals surface area contributed by atoms with Gasteiger partial charge >= 0.3 is 0 Å². The first-order chi connectivity index (χ1) is 9.43. The maximum atomic E-state index is 14.2. The Morgan fingerprint density at radius 2 is 2.00 bits per heavy atom. The molecule has 20 heavy (non-hydrogen) atoms. The summed E-state index contributed by atoms with van der Waals surface area (Å²) in [5.41, 5.74) is 1.39. The van der Waals surface area contributed by atoms with Gasteiger partial charge in [0, 0.05) is 19.1 Å². The summed E-state index contributed by atoms with van der Waals surface area (Å²) in [7, 11) is -2.94. The van der Waals surface area contributed by atoms with Crippen molar-refractivity contribution >= 4 is 15.5 Å². The largest absolute Gasteiger partial charge is 0.367 e. The van der Waals surface area contributed by atoms with Crippen molar-refractivity contribution in [2.75, 3.05) is 36.0 Å². The molecule has 1 fully saturated rings. The molecule has 0 amide bonds. The molecule has 0 radical (unpaired) electrons. The number of hydrogen-bond donors (Lipinski definition) is 1. The molecule has 0 aromatic heterocycles. The molecule has 112 valence electrons.